The molecule has 1 unspecified atom stereocenters. The molecule has 0 spiro atoms. The second-order valence-electron chi connectivity index (χ2n) is 7.79. The number of carbonyl (C=O) groups excluding carboxylic acids is 1. The third-order valence-electron chi connectivity index (χ3n) is 4.61. The van der Waals surface area contributed by atoms with Crippen LogP contribution in [0.4, 0.5) is 17.6 Å². The Morgan fingerprint density at radius 1 is 1.27 bits per heavy atom. The highest BCUT2D eigenvalue weighted by Gasteiger charge is 2.24. The number of anilines is 3. The first-order valence-electron chi connectivity index (χ1n) is 9.77. The van der Waals surface area contributed by atoms with E-state index in [0.29, 0.717) is 11.3 Å². The lowest BCUT2D eigenvalue weighted by Gasteiger charge is -2.15. The number of aromatic nitrogens is 3. The quantitative estimate of drug-likeness (QED) is 0.481. The van der Waals surface area contributed by atoms with Gasteiger partial charge in [-0.2, -0.15) is 15.0 Å². The van der Waals surface area contributed by atoms with E-state index in [1.807, 2.05) is 20.8 Å². The predicted molar refractivity (Wildman–Crippen MR) is 115 cm³/mol. The minimum Gasteiger partial charge on any atom is -0.366 e. The van der Waals surface area contributed by atoms with Gasteiger partial charge in [-0.25, -0.2) is 8.42 Å². The van der Waals surface area contributed by atoms with Gasteiger partial charge in [-0.1, -0.05) is 19.9 Å². The zero-order chi connectivity index (χ0) is 21.9. The SMILES string of the molecule is Cc1ccc(C(N)=O)cc1Nc1nc(NC2CCNC2)nc(S(=O)(=O)CC(C)C)n1. The van der Waals surface area contributed by atoms with Crippen LogP contribution in [0.1, 0.15) is 36.2 Å². The molecule has 0 saturated carbocycles. The van der Waals surface area contributed by atoms with Gasteiger partial charge in [0.1, 0.15) is 0 Å². The molecule has 3 rings (SSSR count). The molecular weight excluding hydrogens is 406 g/mol. The number of carbonyl (C=O) groups is 1. The van der Waals surface area contributed by atoms with Crippen LogP contribution in [0, 0.1) is 12.8 Å². The van der Waals surface area contributed by atoms with Gasteiger partial charge in [0.15, 0.2) is 0 Å². The number of nitrogens with two attached hydrogens (primary N) is 1. The van der Waals surface area contributed by atoms with Crippen LogP contribution in [0.15, 0.2) is 23.4 Å². The Kier molecular flexibility index (Phi) is 6.52. The summed E-state index contributed by atoms with van der Waals surface area (Å²) < 4.78 is 25.5. The highest BCUT2D eigenvalue weighted by Crippen LogP contribution is 2.22. The van der Waals surface area contributed by atoms with Crippen molar-refractivity contribution in [1.29, 1.82) is 0 Å². The van der Waals surface area contributed by atoms with Gasteiger partial charge in [-0.05, 0) is 43.5 Å². The molecule has 30 heavy (non-hydrogen) atoms. The number of hydrogen-bond acceptors (Lipinski definition) is 9. The molecule has 1 saturated heterocycles. The number of primary amides is 1. The second kappa shape index (κ2) is 8.92. The molecule has 1 aliphatic rings. The molecule has 0 aliphatic carbocycles. The maximum Gasteiger partial charge on any atom is 0.253 e. The number of nitrogens with one attached hydrogen (secondary N) is 3. The van der Waals surface area contributed by atoms with Crippen molar-refractivity contribution in [2.75, 3.05) is 29.5 Å². The fourth-order valence-corrected chi connectivity index (χ4v) is 4.60. The van der Waals surface area contributed by atoms with Crippen molar-refractivity contribution >= 4 is 33.3 Å². The fourth-order valence-electron chi connectivity index (χ4n) is 3.12. The Hall–Kier alpha value is -2.79. The zero-order valence-corrected chi connectivity index (χ0v) is 18.1. The smallest absolute Gasteiger partial charge is 0.253 e. The Balaban J connectivity index is 1.99. The zero-order valence-electron chi connectivity index (χ0n) is 17.3. The summed E-state index contributed by atoms with van der Waals surface area (Å²) in [7, 11) is -3.69. The predicted octanol–water partition coefficient (Wildman–Crippen LogP) is 1.23. The number of hydrogen-bond donors (Lipinski definition) is 4. The summed E-state index contributed by atoms with van der Waals surface area (Å²) in [6, 6.07) is 5.04. The molecule has 5 N–H and O–H groups in total. The molecule has 10 nitrogen and oxygen atoms in total. The molecule has 1 fully saturated rings. The van der Waals surface area contributed by atoms with Gasteiger partial charge in [0.05, 0.1) is 5.75 Å². The molecule has 1 aromatic heterocycles. The third-order valence-corrected chi connectivity index (χ3v) is 6.45. The normalized spacial score (nSPS) is 16.6. The first-order valence-corrected chi connectivity index (χ1v) is 11.4. The first kappa shape index (κ1) is 21.9. The Labute approximate surface area is 176 Å². The Morgan fingerprint density at radius 2 is 2.00 bits per heavy atom. The molecule has 1 atom stereocenters. The number of amides is 1. The number of rotatable bonds is 8. The molecule has 1 aromatic carbocycles. The maximum atomic E-state index is 12.8. The summed E-state index contributed by atoms with van der Waals surface area (Å²) in [6.07, 6.45) is 0.877. The summed E-state index contributed by atoms with van der Waals surface area (Å²) in [5.41, 5.74) is 7.06. The molecule has 0 bridgehead atoms. The van der Waals surface area contributed by atoms with Crippen LogP contribution in [-0.2, 0) is 9.84 Å². The molecule has 162 valence electrons. The second-order valence-corrected chi connectivity index (χ2v) is 9.72. The van der Waals surface area contributed by atoms with Gasteiger partial charge in [-0.15, -0.1) is 0 Å². The average molecular weight is 434 g/mol. The lowest BCUT2D eigenvalue weighted by Crippen LogP contribution is -2.25. The van der Waals surface area contributed by atoms with Crippen LogP contribution in [-0.4, -0.2) is 54.2 Å². The van der Waals surface area contributed by atoms with Gasteiger partial charge in [-0.3, -0.25) is 4.79 Å². The van der Waals surface area contributed by atoms with Crippen LogP contribution in [0.5, 0.6) is 0 Å². The van der Waals surface area contributed by atoms with Crippen molar-refractivity contribution in [1.82, 2.24) is 20.3 Å². The van der Waals surface area contributed by atoms with Crippen LogP contribution >= 0.6 is 0 Å². The van der Waals surface area contributed by atoms with Crippen LogP contribution < -0.4 is 21.7 Å². The molecule has 11 heteroatoms. The molecule has 0 radical (unpaired) electrons. The monoisotopic (exact) mass is 433 g/mol. The highest BCUT2D eigenvalue weighted by molar-refractivity contribution is 7.91. The van der Waals surface area contributed by atoms with E-state index in [1.54, 1.807) is 18.2 Å². The van der Waals surface area contributed by atoms with E-state index in [1.165, 1.54) is 0 Å². The summed E-state index contributed by atoms with van der Waals surface area (Å²) >= 11 is 0. The molecule has 2 aromatic rings. The molecule has 1 aliphatic heterocycles. The van der Waals surface area contributed by atoms with Crippen molar-refractivity contribution in [2.45, 2.75) is 38.4 Å². The highest BCUT2D eigenvalue weighted by atomic mass is 32.2. The van der Waals surface area contributed by atoms with Gasteiger partial charge in [0.25, 0.3) is 5.16 Å². The topological polar surface area (TPSA) is 152 Å². The minimum atomic E-state index is -3.69. The van der Waals surface area contributed by atoms with Gasteiger partial charge in [0.2, 0.25) is 27.6 Å². The minimum absolute atomic E-state index is 0.0724. The lowest BCUT2D eigenvalue weighted by molar-refractivity contribution is 0.100. The van der Waals surface area contributed by atoms with Crippen molar-refractivity contribution in [2.24, 2.45) is 11.7 Å². The van der Waals surface area contributed by atoms with Crippen molar-refractivity contribution in [3.63, 3.8) is 0 Å². The van der Waals surface area contributed by atoms with E-state index < -0.39 is 15.7 Å². The molecular formula is C19H27N7O3S. The Bertz CT molecular complexity index is 1030. The van der Waals surface area contributed by atoms with E-state index in [4.69, 9.17) is 5.73 Å². The number of benzene rings is 1. The van der Waals surface area contributed by atoms with Crippen molar-refractivity contribution in [3.8, 4) is 0 Å². The molecule has 1 amide bonds. The lowest BCUT2D eigenvalue weighted by atomic mass is 10.1. The van der Waals surface area contributed by atoms with Crippen molar-refractivity contribution in [3.05, 3.63) is 29.3 Å². The van der Waals surface area contributed by atoms with E-state index in [-0.39, 0.29) is 34.8 Å². The standard InChI is InChI=1S/C19H27N7O3S/c1-11(2)10-30(28,29)19-25-17(22-14-6-7-21-9-14)24-18(26-19)23-15-8-13(16(20)27)5-4-12(15)3/h4-5,8,11,14,21H,6-7,9-10H2,1-3H3,(H2,20,27)(H2,22,23,24,25,26). The van der Waals surface area contributed by atoms with Gasteiger partial charge in [0, 0.05) is 23.8 Å². The number of sulfone groups is 1. The maximum absolute atomic E-state index is 12.8. The summed E-state index contributed by atoms with van der Waals surface area (Å²) in [5, 5.41) is 9.13. The molecule has 2 heterocycles. The number of nitrogens with zero attached hydrogens (tertiary/aromatic N) is 3. The van der Waals surface area contributed by atoms with E-state index in [2.05, 4.69) is 30.9 Å². The van der Waals surface area contributed by atoms with Gasteiger partial charge < -0.3 is 21.7 Å². The van der Waals surface area contributed by atoms with Crippen LogP contribution in [0.3, 0.4) is 0 Å². The fraction of sp³-hybridized carbons (Fsp3) is 0.474. The van der Waals surface area contributed by atoms with Crippen LogP contribution in [0.2, 0.25) is 0 Å². The van der Waals surface area contributed by atoms with Crippen molar-refractivity contribution < 1.29 is 13.2 Å². The first-order chi connectivity index (χ1) is 14.1. The van der Waals surface area contributed by atoms with E-state index >= 15 is 0 Å². The summed E-state index contributed by atoms with van der Waals surface area (Å²) in [4.78, 5) is 24.2. The average Bonchev–Trinajstić information content (AvgIpc) is 3.15. The summed E-state index contributed by atoms with van der Waals surface area (Å²) in [5.74, 6) is -0.451. The van der Waals surface area contributed by atoms with Crippen LogP contribution in [0.25, 0.3) is 0 Å². The third kappa shape index (κ3) is 5.42. The number of aryl methyl sites for hydroxylation is 1. The van der Waals surface area contributed by atoms with Gasteiger partial charge >= 0.3 is 0 Å². The van der Waals surface area contributed by atoms with E-state index in [0.717, 1.165) is 25.1 Å². The largest absolute Gasteiger partial charge is 0.366 e. The summed E-state index contributed by atoms with van der Waals surface area (Å²) in [6.45, 7) is 7.09. The Morgan fingerprint density at radius 3 is 2.63 bits per heavy atom. The van der Waals surface area contributed by atoms with E-state index in [9.17, 15) is 13.2 Å².